The lowest BCUT2D eigenvalue weighted by Gasteiger charge is -2.04. The molecule has 1 N–H and O–H groups in total. The van der Waals surface area contributed by atoms with Gasteiger partial charge in [0.25, 0.3) is 0 Å². The molecule has 0 amide bonds. The van der Waals surface area contributed by atoms with E-state index >= 15 is 0 Å². The van der Waals surface area contributed by atoms with Crippen molar-refractivity contribution in [3.05, 3.63) is 58.9 Å². The quantitative estimate of drug-likeness (QED) is 0.734. The summed E-state index contributed by atoms with van der Waals surface area (Å²) in [5.74, 6) is 0. The number of aromatic nitrogens is 1. The zero-order chi connectivity index (χ0) is 16.4. The van der Waals surface area contributed by atoms with Crippen LogP contribution in [0.15, 0.2) is 58.8 Å². The Balaban J connectivity index is 1.83. The van der Waals surface area contributed by atoms with E-state index in [0.717, 1.165) is 11.3 Å². The molecule has 7 heteroatoms. The van der Waals surface area contributed by atoms with Gasteiger partial charge in [-0.1, -0.05) is 29.8 Å². The van der Waals surface area contributed by atoms with Crippen LogP contribution in [-0.2, 0) is 9.84 Å². The Morgan fingerprint density at radius 1 is 1.13 bits per heavy atom. The maximum Gasteiger partial charge on any atom is 0.187 e. The standard InChI is InChI=1S/C16H13ClN2O2S2/c1-23(20,21)14-4-2-3-13(9-14)18-16-19-15(10-22-16)11-5-7-12(17)8-6-11/h2-10H,1H3,(H,18,19). The van der Waals surface area contributed by atoms with Crippen molar-refractivity contribution in [3.63, 3.8) is 0 Å². The summed E-state index contributed by atoms with van der Waals surface area (Å²) in [5, 5.41) is 6.45. The van der Waals surface area contributed by atoms with Gasteiger partial charge in [0.15, 0.2) is 15.0 Å². The first-order valence-corrected chi connectivity index (χ1v) is 9.85. The van der Waals surface area contributed by atoms with Crippen LogP contribution < -0.4 is 5.32 Å². The van der Waals surface area contributed by atoms with E-state index in [9.17, 15) is 8.42 Å². The van der Waals surface area contributed by atoms with Crippen LogP contribution >= 0.6 is 22.9 Å². The number of benzene rings is 2. The molecule has 4 nitrogen and oxygen atoms in total. The van der Waals surface area contributed by atoms with Crippen molar-refractivity contribution >= 4 is 43.6 Å². The third-order valence-corrected chi connectivity index (χ3v) is 5.28. The fourth-order valence-corrected chi connectivity index (χ4v) is 3.55. The van der Waals surface area contributed by atoms with E-state index in [0.29, 0.717) is 15.8 Å². The third-order valence-electron chi connectivity index (χ3n) is 3.16. The molecule has 23 heavy (non-hydrogen) atoms. The van der Waals surface area contributed by atoms with Crippen LogP contribution in [0, 0.1) is 0 Å². The van der Waals surface area contributed by atoms with E-state index in [4.69, 9.17) is 11.6 Å². The highest BCUT2D eigenvalue weighted by atomic mass is 35.5. The van der Waals surface area contributed by atoms with Gasteiger partial charge in [-0.15, -0.1) is 11.3 Å². The minimum Gasteiger partial charge on any atom is -0.331 e. The van der Waals surface area contributed by atoms with Crippen LogP contribution in [0.2, 0.25) is 5.02 Å². The summed E-state index contributed by atoms with van der Waals surface area (Å²) in [6.07, 6.45) is 1.19. The zero-order valence-corrected chi connectivity index (χ0v) is 14.5. The lowest BCUT2D eigenvalue weighted by atomic mass is 10.2. The van der Waals surface area contributed by atoms with Crippen molar-refractivity contribution in [2.24, 2.45) is 0 Å². The molecule has 0 aliphatic rings. The summed E-state index contributed by atoms with van der Waals surface area (Å²) in [6.45, 7) is 0. The van der Waals surface area contributed by atoms with Gasteiger partial charge in [-0.05, 0) is 30.3 Å². The van der Waals surface area contributed by atoms with Gasteiger partial charge < -0.3 is 5.32 Å². The predicted molar refractivity (Wildman–Crippen MR) is 95.4 cm³/mol. The molecule has 118 valence electrons. The first-order chi connectivity index (χ1) is 10.9. The number of halogens is 1. The number of nitrogens with zero attached hydrogens (tertiary/aromatic N) is 1. The van der Waals surface area contributed by atoms with Gasteiger partial charge in [0.1, 0.15) is 0 Å². The fourth-order valence-electron chi connectivity index (χ4n) is 2.01. The number of sulfone groups is 1. The molecule has 0 saturated heterocycles. The molecule has 0 spiro atoms. The van der Waals surface area contributed by atoms with Crippen molar-refractivity contribution in [2.75, 3.05) is 11.6 Å². The summed E-state index contributed by atoms with van der Waals surface area (Å²) < 4.78 is 23.2. The normalized spacial score (nSPS) is 11.4. The molecular weight excluding hydrogens is 352 g/mol. The second kappa shape index (κ2) is 6.31. The first kappa shape index (κ1) is 16.0. The SMILES string of the molecule is CS(=O)(=O)c1cccc(Nc2nc(-c3ccc(Cl)cc3)cs2)c1. The molecule has 2 aromatic carbocycles. The highest BCUT2D eigenvalue weighted by Gasteiger charge is 2.09. The largest absolute Gasteiger partial charge is 0.331 e. The molecule has 3 aromatic rings. The van der Waals surface area contributed by atoms with Crippen molar-refractivity contribution < 1.29 is 8.42 Å². The number of hydrogen-bond acceptors (Lipinski definition) is 5. The van der Waals surface area contributed by atoms with Gasteiger partial charge in [-0.3, -0.25) is 0 Å². The van der Waals surface area contributed by atoms with E-state index in [1.54, 1.807) is 24.3 Å². The van der Waals surface area contributed by atoms with E-state index in [2.05, 4.69) is 10.3 Å². The van der Waals surface area contributed by atoms with Crippen molar-refractivity contribution in [1.29, 1.82) is 0 Å². The predicted octanol–water partition coefficient (Wildman–Crippen LogP) is 4.61. The minimum atomic E-state index is -3.23. The Hall–Kier alpha value is -1.89. The lowest BCUT2D eigenvalue weighted by Crippen LogP contribution is -1.98. The number of thiazole rings is 1. The second-order valence-electron chi connectivity index (χ2n) is 4.97. The topological polar surface area (TPSA) is 59.1 Å². The number of nitrogens with one attached hydrogen (secondary N) is 1. The highest BCUT2D eigenvalue weighted by molar-refractivity contribution is 7.90. The maximum absolute atomic E-state index is 11.6. The molecular formula is C16H13ClN2O2S2. The minimum absolute atomic E-state index is 0.275. The number of rotatable bonds is 4. The molecule has 1 aromatic heterocycles. The van der Waals surface area contributed by atoms with Gasteiger partial charge in [-0.25, -0.2) is 13.4 Å². The van der Waals surface area contributed by atoms with Crippen LogP contribution in [0.5, 0.6) is 0 Å². The highest BCUT2D eigenvalue weighted by Crippen LogP contribution is 2.28. The molecule has 0 aliphatic heterocycles. The molecule has 0 saturated carbocycles. The van der Waals surface area contributed by atoms with Crippen LogP contribution in [0.25, 0.3) is 11.3 Å². The zero-order valence-electron chi connectivity index (χ0n) is 12.2. The van der Waals surface area contributed by atoms with Crippen molar-refractivity contribution in [2.45, 2.75) is 4.90 Å². The Labute approximate surface area is 143 Å². The molecule has 0 aliphatic carbocycles. The van der Waals surface area contributed by atoms with E-state index in [1.807, 2.05) is 29.6 Å². The average Bonchev–Trinajstić information content (AvgIpc) is 2.96. The summed E-state index contributed by atoms with van der Waals surface area (Å²) in [7, 11) is -3.23. The molecule has 0 fully saturated rings. The van der Waals surface area contributed by atoms with Crippen LogP contribution in [0.3, 0.4) is 0 Å². The Bertz CT molecular complexity index is 935. The van der Waals surface area contributed by atoms with Crippen molar-refractivity contribution in [1.82, 2.24) is 4.98 Å². The van der Waals surface area contributed by atoms with Crippen LogP contribution in [0.1, 0.15) is 0 Å². The Morgan fingerprint density at radius 2 is 1.87 bits per heavy atom. The summed E-state index contributed by atoms with van der Waals surface area (Å²) >= 11 is 7.34. The molecule has 0 radical (unpaired) electrons. The van der Waals surface area contributed by atoms with Crippen molar-refractivity contribution in [3.8, 4) is 11.3 Å². The van der Waals surface area contributed by atoms with Crippen LogP contribution in [0.4, 0.5) is 10.8 Å². The smallest absolute Gasteiger partial charge is 0.187 e. The second-order valence-corrected chi connectivity index (χ2v) is 8.28. The van der Waals surface area contributed by atoms with Crippen LogP contribution in [-0.4, -0.2) is 19.7 Å². The van der Waals surface area contributed by atoms with E-state index in [1.165, 1.54) is 17.6 Å². The lowest BCUT2D eigenvalue weighted by molar-refractivity contribution is 0.602. The third kappa shape index (κ3) is 3.90. The molecule has 0 atom stereocenters. The number of hydrogen-bond donors (Lipinski definition) is 1. The summed E-state index contributed by atoms with van der Waals surface area (Å²) in [4.78, 5) is 4.79. The first-order valence-electron chi connectivity index (χ1n) is 6.70. The number of anilines is 2. The van der Waals surface area contributed by atoms with E-state index in [-0.39, 0.29) is 4.90 Å². The molecule has 0 unspecified atom stereocenters. The molecule has 0 bridgehead atoms. The van der Waals surface area contributed by atoms with Gasteiger partial charge in [0, 0.05) is 27.9 Å². The Kier molecular flexibility index (Phi) is 4.39. The van der Waals surface area contributed by atoms with Gasteiger partial charge in [0.05, 0.1) is 10.6 Å². The van der Waals surface area contributed by atoms with Gasteiger partial charge in [0.2, 0.25) is 0 Å². The monoisotopic (exact) mass is 364 g/mol. The van der Waals surface area contributed by atoms with Gasteiger partial charge >= 0.3 is 0 Å². The summed E-state index contributed by atoms with van der Waals surface area (Å²) in [5.41, 5.74) is 2.50. The average molecular weight is 365 g/mol. The van der Waals surface area contributed by atoms with Gasteiger partial charge in [-0.2, -0.15) is 0 Å². The van der Waals surface area contributed by atoms with E-state index < -0.39 is 9.84 Å². The summed E-state index contributed by atoms with van der Waals surface area (Å²) in [6, 6.07) is 14.1. The maximum atomic E-state index is 11.6. The molecule has 3 rings (SSSR count). The molecule has 1 heterocycles. The Morgan fingerprint density at radius 3 is 2.57 bits per heavy atom. The fraction of sp³-hybridized carbons (Fsp3) is 0.0625.